The number of nitrogens with one attached hydrogen (secondary N) is 1. The molecule has 5 nitrogen and oxygen atoms in total. The Morgan fingerprint density at radius 2 is 2.23 bits per heavy atom. The summed E-state index contributed by atoms with van der Waals surface area (Å²) < 4.78 is 2.01. The van der Waals surface area contributed by atoms with E-state index >= 15 is 0 Å². The maximum atomic E-state index is 6.07. The van der Waals surface area contributed by atoms with Crippen LogP contribution in [-0.2, 0) is 6.54 Å². The maximum absolute atomic E-state index is 6.07. The fourth-order valence-corrected chi connectivity index (χ4v) is 3.79. The van der Waals surface area contributed by atoms with Crippen LogP contribution in [0.2, 0.25) is 0 Å². The molecule has 1 unspecified atom stereocenters. The van der Waals surface area contributed by atoms with E-state index in [-0.39, 0.29) is 0 Å². The minimum atomic E-state index is 0.367. The van der Waals surface area contributed by atoms with E-state index in [2.05, 4.69) is 29.0 Å². The van der Waals surface area contributed by atoms with Crippen LogP contribution >= 0.6 is 0 Å². The van der Waals surface area contributed by atoms with E-state index in [1.165, 1.54) is 19.3 Å². The van der Waals surface area contributed by atoms with Gasteiger partial charge in [0, 0.05) is 23.7 Å². The Morgan fingerprint density at radius 1 is 1.45 bits per heavy atom. The first-order chi connectivity index (χ1) is 10.6. The molecule has 1 aromatic rings. The average molecular weight is 303 g/mol. The number of aryl methyl sites for hydroxylation is 1. The fraction of sp³-hybridized carbons (Fsp3) is 0.765. The molecule has 0 amide bonds. The van der Waals surface area contributed by atoms with Gasteiger partial charge >= 0.3 is 0 Å². The van der Waals surface area contributed by atoms with E-state index in [0.29, 0.717) is 24.0 Å². The summed E-state index contributed by atoms with van der Waals surface area (Å²) in [5, 5.41) is 8.37. The zero-order valence-corrected chi connectivity index (χ0v) is 13.8. The highest BCUT2D eigenvalue weighted by Gasteiger charge is 2.35. The van der Waals surface area contributed by atoms with Crippen molar-refractivity contribution in [3.63, 3.8) is 0 Å². The summed E-state index contributed by atoms with van der Waals surface area (Å²) in [5.74, 6) is 2.43. The lowest BCUT2D eigenvalue weighted by molar-refractivity contribution is 0.273. The second-order valence-electron chi connectivity index (χ2n) is 7.23. The number of hydrogen-bond donors (Lipinski definition) is 2. The maximum Gasteiger partial charge on any atom is 0.152 e. The van der Waals surface area contributed by atoms with Crippen molar-refractivity contribution in [3.8, 4) is 0 Å². The Bertz CT molecular complexity index is 519. The standard InChI is InChI=1S/C17H29N5/c1-11-9-20-22(17(11)19-3)10-16(12(2)13-4-5-13)21-15-7-6-14(18)8-15/h9,12-16,21H,3-8,10,18H2,1-2H3/t12-,14+,15+,16?/m1/s1. The smallest absolute Gasteiger partial charge is 0.152 e. The predicted molar refractivity (Wildman–Crippen MR) is 90.6 cm³/mol. The van der Waals surface area contributed by atoms with Gasteiger partial charge in [-0.3, -0.25) is 0 Å². The highest BCUT2D eigenvalue weighted by atomic mass is 15.3. The van der Waals surface area contributed by atoms with E-state index in [1.54, 1.807) is 0 Å². The first-order valence-electron chi connectivity index (χ1n) is 8.59. The van der Waals surface area contributed by atoms with Gasteiger partial charge in [-0.2, -0.15) is 5.10 Å². The van der Waals surface area contributed by atoms with Crippen molar-refractivity contribution in [2.75, 3.05) is 0 Å². The molecule has 0 saturated heterocycles. The second-order valence-corrected chi connectivity index (χ2v) is 7.23. The summed E-state index contributed by atoms with van der Waals surface area (Å²) >= 11 is 0. The van der Waals surface area contributed by atoms with Gasteiger partial charge < -0.3 is 11.1 Å². The molecular weight excluding hydrogens is 274 g/mol. The molecule has 0 aliphatic heterocycles. The number of nitrogens with two attached hydrogens (primary N) is 1. The van der Waals surface area contributed by atoms with Crippen LogP contribution in [0.3, 0.4) is 0 Å². The lowest BCUT2D eigenvalue weighted by Gasteiger charge is -2.29. The molecule has 4 atom stereocenters. The van der Waals surface area contributed by atoms with Crippen molar-refractivity contribution in [3.05, 3.63) is 11.8 Å². The summed E-state index contributed by atoms with van der Waals surface area (Å²) in [5.41, 5.74) is 7.16. The Balaban J connectivity index is 1.71. The molecule has 2 aliphatic rings. The molecule has 1 aromatic heterocycles. The minimum absolute atomic E-state index is 0.367. The normalized spacial score (nSPS) is 27.8. The van der Waals surface area contributed by atoms with Gasteiger partial charge in [0.05, 0.1) is 12.7 Å². The van der Waals surface area contributed by atoms with Gasteiger partial charge in [-0.05, 0) is 57.6 Å². The van der Waals surface area contributed by atoms with Crippen molar-refractivity contribution in [1.82, 2.24) is 15.1 Å². The molecule has 5 heteroatoms. The van der Waals surface area contributed by atoms with Crippen molar-refractivity contribution in [1.29, 1.82) is 0 Å². The monoisotopic (exact) mass is 303 g/mol. The molecule has 3 N–H and O–H groups in total. The first-order valence-corrected chi connectivity index (χ1v) is 8.59. The molecular formula is C17H29N5. The Labute approximate surface area is 133 Å². The second kappa shape index (κ2) is 6.50. The van der Waals surface area contributed by atoms with Crippen LogP contribution in [0, 0.1) is 18.8 Å². The molecule has 2 fully saturated rings. The molecule has 122 valence electrons. The third-order valence-corrected chi connectivity index (χ3v) is 5.43. The average Bonchev–Trinajstić information content (AvgIpc) is 3.18. The number of rotatable bonds is 7. The molecule has 22 heavy (non-hydrogen) atoms. The van der Waals surface area contributed by atoms with Crippen LogP contribution in [0.25, 0.3) is 0 Å². The summed E-state index contributed by atoms with van der Waals surface area (Å²) in [6.45, 7) is 8.97. The zero-order chi connectivity index (χ0) is 15.7. The number of aromatic nitrogens is 2. The van der Waals surface area contributed by atoms with E-state index < -0.39 is 0 Å². The fourth-order valence-electron chi connectivity index (χ4n) is 3.79. The number of nitrogens with zero attached hydrogens (tertiary/aromatic N) is 3. The molecule has 0 aromatic carbocycles. The van der Waals surface area contributed by atoms with Crippen LogP contribution in [-0.4, -0.2) is 34.6 Å². The molecule has 3 rings (SSSR count). The van der Waals surface area contributed by atoms with Crippen LogP contribution in [0.1, 0.15) is 44.6 Å². The third kappa shape index (κ3) is 3.41. The largest absolute Gasteiger partial charge is 0.328 e. The minimum Gasteiger partial charge on any atom is -0.328 e. The van der Waals surface area contributed by atoms with Crippen LogP contribution in [0.15, 0.2) is 11.2 Å². The first kappa shape index (κ1) is 15.7. The van der Waals surface area contributed by atoms with E-state index in [0.717, 1.165) is 36.7 Å². The van der Waals surface area contributed by atoms with Crippen molar-refractivity contribution in [2.45, 2.75) is 70.6 Å². The van der Waals surface area contributed by atoms with Gasteiger partial charge in [-0.25, -0.2) is 9.67 Å². The molecule has 2 saturated carbocycles. The van der Waals surface area contributed by atoms with Gasteiger partial charge in [0.2, 0.25) is 0 Å². The topological polar surface area (TPSA) is 68.2 Å². The van der Waals surface area contributed by atoms with Crippen molar-refractivity contribution in [2.24, 2.45) is 22.6 Å². The third-order valence-electron chi connectivity index (χ3n) is 5.43. The summed E-state index contributed by atoms with van der Waals surface area (Å²) in [6.07, 6.45) is 8.05. The molecule has 2 aliphatic carbocycles. The highest BCUT2D eigenvalue weighted by molar-refractivity contribution is 5.44. The van der Waals surface area contributed by atoms with Crippen LogP contribution in [0.4, 0.5) is 5.82 Å². The summed E-state index contributed by atoms with van der Waals surface area (Å²) in [6, 6.07) is 1.35. The van der Waals surface area contributed by atoms with Crippen LogP contribution in [0.5, 0.6) is 0 Å². The van der Waals surface area contributed by atoms with Crippen molar-refractivity contribution >= 4 is 12.5 Å². The SMILES string of the molecule is C=Nc1c(C)cnn1CC(N[C@H]1CC[C@H](N)C1)[C@H](C)C1CC1. The van der Waals surface area contributed by atoms with E-state index in [9.17, 15) is 0 Å². The molecule has 1 heterocycles. The van der Waals surface area contributed by atoms with Gasteiger partial charge in [0.25, 0.3) is 0 Å². The lowest BCUT2D eigenvalue weighted by Crippen LogP contribution is -2.45. The van der Waals surface area contributed by atoms with Gasteiger partial charge in [-0.1, -0.05) is 6.92 Å². The Kier molecular flexibility index (Phi) is 4.64. The number of aliphatic imine (C=N–C) groups is 1. The van der Waals surface area contributed by atoms with E-state index in [1.807, 2.05) is 17.8 Å². The predicted octanol–water partition coefficient (Wildman–Crippen LogP) is 2.41. The zero-order valence-electron chi connectivity index (χ0n) is 13.8. The van der Waals surface area contributed by atoms with Crippen LogP contribution < -0.4 is 11.1 Å². The quantitative estimate of drug-likeness (QED) is 0.760. The Morgan fingerprint density at radius 3 is 2.82 bits per heavy atom. The highest BCUT2D eigenvalue weighted by Crippen LogP contribution is 2.39. The molecule has 0 bridgehead atoms. The molecule has 0 spiro atoms. The summed E-state index contributed by atoms with van der Waals surface area (Å²) in [4.78, 5) is 4.15. The van der Waals surface area contributed by atoms with E-state index in [4.69, 9.17) is 5.73 Å². The lowest BCUT2D eigenvalue weighted by atomic mass is 9.95. The Hall–Kier alpha value is -1.20. The van der Waals surface area contributed by atoms with Gasteiger partial charge in [0.15, 0.2) is 5.82 Å². The van der Waals surface area contributed by atoms with Gasteiger partial charge in [0.1, 0.15) is 0 Å². The number of hydrogen-bond acceptors (Lipinski definition) is 4. The van der Waals surface area contributed by atoms with Gasteiger partial charge in [-0.15, -0.1) is 0 Å². The molecule has 0 radical (unpaired) electrons. The van der Waals surface area contributed by atoms with Crippen molar-refractivity contribution < 1.29 is 0 Å². The summed E-state index contributed by atoms with van der Waals surface area (Å²) in [7, 11) is 0.